The number of hydrogen-bond acceptors (Lipinski definition) is 8. The number of furan rings is 1. The summed E-state index contributed by atoms with van der Waals surface area (Å²) in [6.45, 7) is 2.11. The number of thioether (sulfide) groups is 1. The molecule has 1 aromatic heterocycles. The largest absolute Gasteiger partial charge is 0.456 e. The maximum atomic E-state index is 13.1. The lowest BCUT2D eigenvalue weighted by atomic mass is 10.1. The van der Waals surface area contributed by atoms with Crippen LogP contribution in [0.4, 0.5) is 5.69 Å². The second-order valence-electron chi connectivity index (χ2n) is 7.75. The van der Waals surface area contributed by atoms with Crippen molar-refractivity contribution < 1.29 is 14.1 Å². The molecule has 3 aromatic rings. The number of carbonyl (C=O) groups is 1. The summed E-state index contributed by atoms with van der Waals surface area (Å²) >= 11 is 1.48. The van der Waals surface area contributed by atoms with E-state index in [1.807, 2.05) is 24.3 Å². The molecule has 0 aliphatic carbocycles. The minimum Gasteiger partial charge on any atom is -0.456 e. The molecule has 34 heavy (non-hydrogen) atoms. The molecule has 2 aromatic carbocycles. The maximum absolute atomic E-state index is 13.1. The first-order valence-corrected chi connectivity index (χ1v) is 11.9. The minimum atomic E-state index is -0.728. The summed E-state index contributed by atoms with van der Waals surface area (Å²) < 4.78 is 6.07. The van der Waals surface area contributed by atoms with E-state index in [0.29, 0.717) is 38.5 Å². The standard InChI is InChI=1S/C24H21N5O4S/c1-2-3-14-34-24-26-23(30)21-15-8-4-6-10-17(15)25-22(28(21)27-24)20-13-12-19(33-20)16-9-5-7-11-18(16)29(31)32/h4-13,22H,2-3,14H2,1H3,(H,26,27,30)/t22-/m1/s1. The van der Waals surface area contributed by atoms with E-state index in [2.05, 4.69) is 12.2 Å². The van der Waals surface area contributed by atoms with Crippen LogP contribution >= 0.6 is 11.8 Å². The number of amides is 1. The molecular formula is C24H21N5O4S. The fraction of sp³-hybridized carbons (Fsp3) is 0.208. The minimum absolute atomic E-state index is 0.0495. The van der Waals surface area contributed by atoms with Gasteiger partial charge >= 0.3 is 0 Å². The van der Waals surface area contributed by atoms with Crippen molar-refractivity contribution in [3.63, 3.8) is 0 Å². The Morgan fingerprint density at radius 1 is 1.15 bits per heavy atom. The van der Waals surface area contributed by atoms with E-state index in [-0.39, 0.29) is 11.6 Å². The van der Waals surface area contributed by atoms with Gasteiger partial charge in [0.05, 0.1) is 15.8 Å². The van der Waals surface area contributed by atoms with Crippen LogP contribution in [0.2, 0.25) is 0 Å². The van der Waals surface area contributed by atoms with Gasteiger partial charge in [0, 0.05) is 17.0 Å². The molecule has 0 unspecified atom stereocenters. The number of carbonyl (C=O) groups excluding carboxylic acids is 1. The molecule has 3 heterocycles. The Kier molecular flexibility index (Phi) is 5.89. The summed E-state index contributed by atoms with van der Waals surface area (Å²) in [7, 11) is 0. The third kappa shape index (κ3) is 3.96. The lowest BCUT2D eigenvalue weighted by Crippen LogP contribution is -2.50. The van der Waals surface area contributed by atoms with Crippen molar-refractivity contribution in [2.45, 2.75) is 25.9 Å². The summed E-state index contributed by atoms with van der Waals surface area (Å²) in [6, 6.07) is 17.2. The van der Waals surface area contributed by atoms with Crippen LogP contribution in [-0.2, 0) is 4.79 Å². The molecule has 5 rings (SSSR count). The number of benzene rings is 2. The highest BCUT2D eigenvalue weighted by Crippen LogP contribution is 2.36. The first-order chi connectivity index (χ1) is 16.6. The van der Waals surface area contributed by atoms with Gasteiger partial charge in [-0.05, 0) is 30.7 Å². The van der Waals surface area contributed by atoms with Gasteiger partial charge in [0.25, 0.3) is 11.6 Å². The van der Waals surface area contributed by atoms with E-state index >= 15 is 0 Å². The van der Waals surface area contributed by atoms with Crippen molar-refractivity contribution in [2.24, 2.45) is 10.1 Å². The van der Waals surface area contributed by atoms with Gasteiger partial charge in [-0.2, -0.15) is 0 Å². The van der Waals surface area contributed by atoms with E-state index in [9.17, 15) is 14.9 Å². The summed E-state index contributed by atoms with van der Waals surface area (Å²) in [4.78, 5) is 29.0. The topological polar surface area (TPSA) is 113 Å². The summed E-state index contributed by atoms with van der Waals surface area (Å²) in [6.07, 6.45) is 1.32. The lowest BCUT2D eigenvalue weighted by molar-refractivity contribution is -0.384. The van der Waals surface area contributed by atoms with Gasteiger partial charge in [0.2, 0.25) is 6.17 Å². The molecule has 9 nitrogen and oxygen atoms in total. The molecular weight excluding hydrogens is 454 g/mol. The molecule has 10 heteroatoms. The van der Waals surface area contributed by atoms with Gasteiger partial charge < -0.3 is 4.42 Å². The van der Waals surface area contributed by atoms with Gasteiger partial charge in [-0.1, -0.05) is 55.4 Å². The van der Waals surface area contributed by atoms with Gasteiger partial charge in [-0.25, -0.2) is 10.0 Å². The number of unbranched alkanes of at least 4 members (excludes halogenated alkanes) is 1. The van der Waals surface area contributed by atoms with Crippen LogP contribution in [0.25, 0.3) is 17.0 Å². The number of hydrazone groups is 1. The van der Waals surface area contributed by atoms with Crippen molar-refractivity contribution in [1.29, 1.82) is 0 Å². The molecule has 1 amide bonds. The van der Waals surface area contributed by atoms with Gasteiger partial charge in [0.1, 0.15) is 11.5 Å². The van der Waals surface area contributed by atoms with Crippen molar-refractivity contribution in [3.8, 4) is 11.3 Å². The Bertz CT molecular complexity index is 1430. The quantitative estimate of drug-likeness (QED) is 0.331. The van der Waals surface area contributed by atoms with E-state index in [4.69, 9.17) is 14.5 Å². The lowest BCUT2D eigenvalue weighted by Gasteiger charge is -2.32. The summed E-state index contributed by atoms with van der Waals surface area (Å²) in [5, 5.41) is 22.5. The van der Waals surface area contributed by atoms with E-state index < -0.39 is 11.1 Å². The average molecular weight is 476 g/mol. The van der Waals surface area contributed by atoms with Gasteiger partial charge in [0.15, 0.2) is 10.9 Å². The Labute approximate surface area is 199 Å². The van der Waals surface area contributed by atoms with Crippen LogP contribution in [0.3, 0.4) is 0 Å². The van der Waals surface area contributed by atoms with E-state index in [0.717, 1.165) is 18.6 Å². The SMILES string of the molecule is CCCCSC1=NN2C(=c3ccccc3=N[C@H]2c2ccc(-c3ccccc3[N+](=O)[O-])o2)C(=O)N1. The predicted molar refractivity (Wildman–Crippen MR) is 129 cm³/mol. The van der Waals surface area contributed by atoms with Gasteiger partial charge in [-0.15, -0.1) is 5.10 Å². The molecule has 0 bridgehead atoms. The number of nitro groups is 1. The molecule has 2 aliphatic rings. The second kappa shape index (κ2) is 9.14. The first kappa shape index (κ1) is 21.9. The first-order valence-electron chi connectivity index (χ1n) is 10.9. The number of amidine groups is 1. The fourth-order valence-electron chi connectivity index (χ4n) is 3.87. The van der Waals surface area contributed by atoms with Crippen LogP contribution in [0.5, 0.6) is 0 Å². The highest BCUT2D eigenvalue weighted by atomic mass is 32.2. The molecule has 2 aliphatic heterocycles. The highest BCUT2D eigenvalue weighted by Gasteiger charge is 2.36. The zero-order valence-electron chi connectivity index (χ0n) is 18.3. The normalized spacial score (nSPS) is 16.8. The van der Waals surface area contributed by atoms with Crippen LogP contribution in [0.15, 0.2) is 75.2 Å². The summed E-state index contributed by atoms with van der Waals surface area (Å²) in [5.74, 6) is 1.35. The van der Waals surface area contributed by atoms with E-state index in [1.54, 1.807) is 35.3 Å². The summed E-state index contributed by atoms with van der Waals surface area (Å²) in [5.41, 5.74) is 0.709. The third-order valence-corrected chi connectivity index (χ3v) is 6.45. The van der Waals surface area contributed by atoms with Crippen LogP contribution in [0, 0.1) is 10.1 Å². The zero-order chi connectivity index (χ0) is 23.7. The fourth-order valence-corrected chi connectivity index (χ4v) is 4.81. The number of rotatable bonds is 6. The molecule has 0 spiro atoms. The third-order valence-electron chi connectivity index (χ3n) is 5.50. The molecule has 0 saturated heterocycles. The number of nitro benzene ring substituents is 1. The number of nitrogens with zero attached hydrogens (tertiary/aromatic N) is 4. The second-order valence-corrected chi connectivity index (χ2v) is 8.83. The molecule has 172 valence electrons. The Hall–Kier alpha value is -3.92. The Balaban J connectivity index is 1.60. The molecule has 0 radical (unpaired) electrons. The Morgan fingerprint density at radius 2 is 1.94 bits per heavy atom. The Morgan fingerprint density at radius 3 is 2.76 bits per heavy atom. The van der Waals surface area contributed by atoms with Crippen LogP contribution in [0.1, 0.15) is 31.7 Å². The maximum Gasteiger partial charge on any atom is 0.280 e. The molecule has 1 N–H and O–H groups in total. The van der Waals surface area contributed by atoms with Crippen molar-refractivity contribution in [3.05, 3.63) is 87.1 Å². The average Bonchev–Trinajstić information content (AvgIpc) is 3.33. The number of para-hydroxylation sites is 2. The predicted octanol–water partition coefficient (Wildman–Crippen LogP) is 3.53. The van der Waals surface area contributed by atoms with Crippen LogP contribution in [-0.4, -0.2) is 26.8 Å². The number of fused-ring (bicyclic) bond motifs is 2. The zero-order valence-corrected chi connectivity index (χ0v) is 19.1. The van der Waals surface area contributed by atoms with Crippen molar-refractivity contribution in [1.82, 2.24) is 10.3 Å². The smallest absolute Gasteiger partial charge is 0.280 e. The highest BCUT2D eigenvalue weighted by molar-refractivity contribution is 8.13. The van der Waals surface area contributed by atoms with Crippen LogP contribution < -0.4 is 15.9 Å². The monoisotopic (exact) mass is 475 g/mol. The number of hydrogen-bond donors (Lipinski definition) is 1. The molecule has 0 saturated carbocycles. The molecule has 0 fully saturated rings. The van der Waals surface area contributed by atoms with Crippen molar-refractivity contribution in [2.75, 3.05) is 5.75 Å². The van der Waals surface area contributed by atoms with E-state index in [1.165, 1.54) is 17.8 Å². The number of nitrogens with one attached hydrogen (secondary N) is 1. The van der Waals surface area contributed by atoms with Gasteiger partial charge in [-0.3, -0.25) is 20.2 Å². The van der Waals surface area contributed by atoms with Crippen molar-refractivity contribution >= 4 is 34.2 Å². The molecule has 1 atom stereocenters.